The maximum Gasteiger partial charge on any atom is 0.122 e. The monoisotopic (exact) mass is 219 g/mol. The van der Waals surface area contributed by atoms with Gasteiger partial charge < -0.3 is 10.5 Å². The minimum absolute atomic E-state index is 0.751. The summed E-state index contributed by atoms with van der Waals surface area (Å²) >= 11 is 0. The second-order valence-corrected chi connectivity index (χ2v) is 4.69. The molecule has 1 unspecified atom stereocenters. The van der Waals surface area contributed by atoms with Crippen molar-refractivity contribution >= 4 is 0 Å². The van der Waals surface area contributed by atoms with Crippen molar-refractivity contribution in [3.8, 4) is 5.75 Å². The number of rotatable bonds is 6. The fourth-order valence-corrected chi connectivity index (χ4v) is 2.44. The molecule has 1 aliphatic rings. The largest absolute Gasteiger partial charge is 0.496 e. The Balaban J connectivity index is 2.05. The van der Waals surface area contributed by atoms with Crippen molar-refractivity contribution < 1.29 is 4.74 Å². The summed E-state index contributed by atoms with van der Waals surface area (Å²) < 4.78 is 5.39. The molecule has 1 saturated carbocycles. The van der Waals surface area contributed by atoms with Gasteiger partial charge in [-0.15, -0.1) is 0 Å². The van der Waals surface area contributed by atoms with Gasteiger partial charge in [-0.05, 0) is 55.7 Å². The fraction of sp³-hybridized carbons (Fsp3) is 0.571. The third-order valence-electron chi connectivity index (χ3n) is 3.50. The average Bonchev–Trinajstić information content (AvgIpc) is 3.13. The highest BCUT2D eigenvalue weighted by molar-refractivity contribution is 5.33. The molecule has 0 amide bonds. The summed E-state index contributed by atoms with van der Waals surface area (Å²) in [5, 5.41) is 0. The van der Waals surface area contributed by atoms with E-state index in [9.17, 15) is 0 Å². The summed E-state index contributed by atoms with van der Waals surface area (Å²) in [4.78, 5) is 0. The molecule has 0 bridgehead atoms. The van der Waals surface area contributed by atoms with Crippen molar-refractivity contribution in [3.63, 3.8) is 0 Å². The van der Waals surface area contributed by atoms with E-state index >= 15 is 0 Å². The molecule has 1 aromatic carbocycles. The standard InChI is InChI=1S/C14H21NO/c1-16-14-5-3-2-4-13(14)10-12(8-9-15)11-6-7-11/h2-5,11-12H,6-10,15H2,1H3. The second kappa shape index (κ2) is 5.35. The van der Waals surface area contributed by atoms with Gasteiger partial charge in [0.1, 0.15) is 5.75 Å². The number of para-hydroxylation sites is 1. The van der Waals surface area contributed by atoms with E-state index in [0.717, 1.165) is 37.0 Å². The molecule has 1 aromatic rings. The van der Waals surface area contributed by atoms with Crippen LogP contribution in [-0.4, -0.2) is 13.7 Å². The van der Waals surface area contributed by atoms with E-state index in [4.69, 9.17) is 10.5 Å². The lowest BCUT2D eigenvalue weighted by molar-refractivity contribution is 0.391. The van der Waals surface area contributed by atoms with E-state index < -0.39 is 0 Å². The number of ether oxygens (including phenoxy) is 1. The van der Waals surface area contributed by atoms with Crippen molar-refractivity contribution in [1.82, 2.24) is 0 Å². The molecule has 16 heavy (non-hydrogen) atoms. The van der Waals surface area contributed by atoms with Gasteiger partial charge in [-0.2, -0.15) is 0 Å². The van der Waals surface area contributed by atoms with Gasteiger partial charge in [-0.25, -0.2) is 0 Å². The Labute approximate surface area is 97.8 Å². The predicted octanol–water partition coefficient (Wildman–Crippen LogP) is 2.61. The van der Waals surface area contributed by atoms with Crippen LogP contribution in [0.15, 0.2) is 24.3 Å². The molecule has 0 saturated heterocycles. The number of hydrogen-bond acceptors (Lipinski definition) is 2. The Kier molecular flexibility index (Phi) is 3.83. The topological polar surface area (TPSA) is 35.2 Å². The molecule has 0 radical (unpaired) electrons. The average molecular weight is 219 g/mol. The first kappa shape index (κ1) is 11.5. The van der Waals surface area contributed by atoms with Gasteiger partial charge in [-0.3, -0.25) is 0 Å². The minimum atomic E-state index is 0.751. The molecule has 1 atom stereocenters. The van der Waals surface area contributed by atoms with E-state index in [2.05, 4.69) is 12.1 Å². The molecule has 2 heteroatoms. The van der Waals surface area contributed by atoms with E-state index in [-0.39, 0.29) is 0 Å². The maximum absolute atomic E-state index is 5.69. The van der Waals surface area contributed by atoms with E-state index in [1.54, 1.807) is 7.11 Å². The molecule has 2 N–H and O–H groups in total. The number of nitrogens with two attached hydrogens (primary N) is 1. The third kappa shape index (κ3) is 2.76. The summed E-state index contributed by atoms with van der Waals surface area (Å²) in [6.45, 7) is 0.802. The zero-order chi connectivity index (χ0) is 11.4. The molecular weight excluding hydrogens is 198 g/mol. The number of methoxy groups -OCH3 is 1. The number of benzene rings is 1. The first-order valence-corrected chi connectivity index (χ1v) is 6.17. The van der Waals surface area contributed by atoms with E-state index in [0.29, 0.717) is 0 Å². The zero-order valence-corrected chi connectivity index (χ0v) is 9.99. The van der Waals surface area contributed by atoms with Gasteiger partial charge in [0.05, 0.1) is 7.11 Å². The summed E-state index contributed by atoms with van der Waals surface area (Å²) in [5.41, 5.74) is 7.02. The van der Waals surface area contributed by atoms with Gasteiger partial charge in [-0.1, -0.05) is 18.2 Å². The van der Waals surface area contributed by atoms with Gasteiger partial charge in [0.15, 0.2) is 0 Å². The number of hydrogen-bond donors (Lipinski definition) is 1. The van der Waals surface area contributed by atoms with Gasteiger partial charge in [0.2, 0.25) is 0 Å². The molecule has 0 spiro atoms. The Bertz CT molecular complexity index is 333. The van der Waals surface area contributed by atoms with Crippen LogP contribution in [0.5, 0.6) is 5.75 Å². The molecule has 1 aliphatic carbocycles. The van der Waals surface area contributed by atoms with Crippen LogP contribution < -0.4 is 10.5 Å². The van der Waals surface area contributed by atoms with Crippen LogP contribution in [0.1, 0.15) is 24.8 Å². The SMILES string of the molecule is COc1ccccc1CC(CCN)C1CC1. The van der Waals surface area contributed by atoms with Crippen LogP contribution in [0.25, 0.3) is 0 Å². The van der Waals surface area contributed by atoms with Crippen LogP contribution in [0.3, 0.4) is 0 Å². The highest BCUT2D eigenvalue weighted by Gasteiger charge is 2.30. The zero-order valence-electron chi connectivity index (χ0n) is 9.99. The normalized spacial score (nSPS) is 17.1. The second-order valence-electron chi connectivity index (χ2n) is 4.69. The van der Waals surface area contributed by atoms with E-state index in [1.165, 1.54) is 18.4 Å². The third-order valence-corrected chi connectivity index (χ3v) is 3.50. The van der Waals surface area contributed by atoms with Crippen molar-refractivity contribution in [2.75, 3.05) is 13.7 Å². The quantitative estimate of drug-likeness (QED) is 0.798. The van der Waals surface area contributed by atoms with Gasteiger partial charge in [0, 0.05) is 0 Å². The molecular formula is C14H21NO. The first-order chi connectivity index (χ1) is 7.85. The van der Waals surface area contributed by atoms with Crippen LogP contribution in [0.4, 0.5) is 0 Å². The predicted molar refractivity (Wildman–Crippen MR) is 66.6 cm³/mol. The van der Waals surface area contributed by atoms with Crippen molar-refractivity contribution in [2.45, 2.75) is 25.7 Å². The first-order valence-electron chi connectivity index (χ1n) is 6.17. The molecule has 1 fully saturated rings. The summed E-state index contributed by atoms with van der Waals surface area (Å²) in [5.74, 6) is 2.68. The smallest absolute Gasteiger partial charge is 0.122 e. The lowest BCUT2D eigenvalue weighted by atomic mass is 9.91. The highest BCUT2D eigenvalue weighted by Crippen LogP contribution is 2.40. The Morgan fingerprint density at radius 2 is 2.12 bits per heavy atom. The van der Waals surface area contributed by atoms with Crippen molar-refractivity contribution in [2.24, 2.45) is 17.6 Å². The summed E-state index contributed by atoms with van der Waals surface area (Å²) in [7, 11) is 1.74. The van der Waals surface area contributed by atoms with Crippen molar-refractivity contribution in [1.29, 1.82) is 0 Å². The molecule has 88 valence electrons. The van der Waals surface area contributed by atoms with Gasteiger partial charge >= 0.3 is 0 Å². The summed E-state index contributed by atoms with van der Waals surface area (Å²) in [6.07, 6.45) is 5.04. The van der Waals surface area contributed by atoms with Crippen molar-refractivity contribution in [3.05, 3.63) is 29.8 Å². The molecule has 2 nitrogen and oxygen atoms in total. The van der Waals surface area contributed by atoms with Gasteiger partial charge in [0.25, 0.3) is 0 Å². The van der Waals surface area contributed by atoms with Crippen LogP contribution in [-0.2, 0) is 6.42 Å². The highest BCUT2D eigenvalue weighted by atomic mass is 16.5. The lowest BCUT2D eigenvalue weighted by Crippen LogP contribution is -2.13. The lowest BCUT2D eigenvalue weighted by Gasteiger charge is -2.17. The van der Waals surface area contributed by atoms with E-state index in [1.807, 2.05) is 12.1 Å². The Morgan fingerprint density at radius 1 is 1.38 bits per heavy atom. The van der Waals surface area contributed by atoms with Crippen LogP contribution in [0.2, 0.25) is 0 Å². The molecule has 0 aliphatic heterocycles. The Morgan fingerprint density at radius 3 is 2.75 bits per heavy atom. The summed E-state index contributed by atoms with van der Waals surface area (Å²) in [6, 6.07) is 8.33. The fourth-order valence-electron chi connectivity index (χ4n) is 2.44. The Hall–Kier alpha value is -1.02. The van der Waals surface area contributed by atoms with Crippen LogP contribution in [0, 0.1) is 11.8 Å². The minimum Gasteiger partial charge on any atom is -0.496 e. The van der Waals surface area contributed by atoms with Crippen LogP contribution >= 0.6 is 0 Å². The molecule has 2 rings (SSSR count). The molecule has 0 heterocycles. The maximum atomic E-state index is 5.69. The molecule has 0 aromatic heterocycles.